The molecule has 0 spiro atoms. The molecule has 0 bridgehead atoms. The Morgan fingerprint density at radius 3 is 0.984 bits per heavy atom. The molecule has 0 unspecified atom stereocenters. The van der Waals surface area contributed by atoms with Gasteiger partial charge in [0, 0.05) is 30.9 Å². The summed E-state index contributed by atoms with van der Waals surface area (Å²) in [4.78, 5) is 2.69. The highest BCUT2D eigenvalue weighted by Crippen LogP contribution is 2.21. The third kappa shape index (κ3) is 31.6. The standard InChI is InChI=1S/C55H87N2.C2H6O4S/c1-4-7-9-11-13-15-17-19-21-23-25-27-29-31-47-57(48-32-30-28-26-24-22-20-18-16-14-12-10-8-5-2)55-43-41-53(42-44-55)38-37-51-33-35-52(36-34-51)39-40-54-45-49-56(6-3)50-46-54;1-2-6-7(3,4)5/h33-46,49-50H,4-32,47-48H2,1-3H3;2H2,1H3,(H,3,4,5)/q+1;/p-1. The van der Waals surface area contributed by atoms with E-state index in [0.29, 0.717) is 0 Å². The van der Waals surface area contributed by atoms with Gasteiger partial charge >= 0.3 is 0 Å². The van der Waals surface area contributed by atoms with E-state index in [2.05, 4.69) is 132 Å². The first-order valence-corrected chi connectivity index (χ1v) is 27.5. The molecule has 3 rings (SSSR count). The van der Waals surface area contributed by atoms with Gasteiger partial charge in [-0.15, -0.1) is 0 Å². The SMILES string of the molecule is CCCCCCCCCCCCCCCCN(CCCCCCCCCCCCCCCC)c1ccc(/C=C/c2ccc(/C=C/c3cc[n+](CC)cc3)cc2)cc1.CCOS(=O)(=O)[O-]. The van der Waals surface area contributed by atoms with Crippen LogP contribution < -0.4 is 9.47 Å². The van der Waals surface area contributed by atoms with Gasteiger partial charge in [0.05, 0.1) is 6.61 Å². The molecule has 0 N–H and O–H groups in total. The molecule has 0 saturated heterocycles. The summed E-state index contributed by atoms with van der Waals surface area (Å²) >= 11 is 0. The maximum Gasteiger partial charge on any atom is 0.217 e. The zero-order valence-electron chi connectivity index (χ0n) is 41.3. The normalized spacial score (nSPS) is 11.7. The van der Waals surface area contributed by atoms with Crippen molar-refractivity contribution in [3.8, 4) is 0 Å². The lowest BCUT2D eigenvalue weighted by molar-refractivity contribution is -0.693. The minimum atomic E-state index is -4.42. The molecule has 0 amide bonds. The Balaban J connectivity index is 0.00000185. The van der Waals surface area contributed by atoms with Crippen LogP contribution in [-0.4, -0.2) is 32.7 Å². The van der Waals surface area contributed by atoms with Crippen LogP contribution in [0.25, 0.3) is 24.3 Å². The lowest BCUT2D eigenvalue weighted by atomic mass is 10.0. The first kappa shape index (κ1) is 56.9. The topological polar surface area (TPSA) is 73.5 Å². The molecule has 3 aromatic rings. The quantitative estimate of drug-likeness (QED) is 0.0188. The highest BCUT2D eigenvalue weighted by Gasteiger charge is 2.07. The summed E-state index contributed by atoms with van der Waals surface area (Å²) in [6.45, 7) is 11.5. The lowest BCUT2D eigenvalue weighted by Crippen LogP contribution is -2.30. The zero-order valence-corrected chi connectivity index (χ0v) is 42.1. The second-order valence-corrected chi connectivity index (χ2v) is 18.9. The van der Waals surface area contributed by atoms with Crippen LogP contribution in [0.1, 0.15) is 230 Å². The summed E-state index contributed by atoms with van der Waals surface area (Å²) in [5.41, 5.74) is 6.35. The molecule has 6 nitrogen and oxygen atoms in total. The molecule has 0 radical (unpaired) electrons. The number of pyridine rings is 1. The summed E-state index contributed by atoms with van der Waals surface area (Å²) in [5.74, 6) is 0. The van der Waals surface area contributed by atoms with E-state index < -0.39 is 10.4 Å². The van der Waals surface area contributed by atoms with Crippen LogP contribution in [0.4, 0.5) is 5.69 Å². The van der Waals surface area contributed by atoms with Crippen molar-refractivity contribution in [1.29, 1.82) is 0 Å². The van der Waals surface area contributed by atoms with Gasteiger partial charge in [0.25, 0.3) is 0 Å². The summed E-state index contributed by atoms with van der Waals surface area (Å²) in [6, 6.07) is 22.6. The molecule has 1 aromatic heterocycles. The summed E-state index contributed by atoms with van der Waals surface area (Å²) < 4.78 is 34.2. The van der Waals surface area contributed by atoms with Gasteiger partial charge in [-0.1, -0.05) is 241 Å². The molecule has 1 heterocycles. The smallest absolute Gasteiger partial charge is 0.217 e. The number of aromatic nitrogens is 1. The Morgan fingerprint density at radius 2 is 0.719 bits per heavy atom. The minimum Gasteiger partial charge on any atom is -0.726 e. The number of aryl methyl sites for hydroxylation is 1. The maximum absolute atomic E-state index is 9.45. The van der Waals surface area contributed by atoms with Gasteiger partial charge in [0.2, 0.25) is 10.4 Å². The molecule has 0 saturated carbocycles. The highest BCUT2D eigenvalue weighted by molar-refractivity contribution is 7.80. The number of benzene rings is 2. The number of unbranched alkanes of at least 4 members (excludes halogenated alkanes) is 26. The van der Waals surface area contributed by atoms with Crippen molar-refractivity contribution in [1.82, 2.24) is 0 Å². The van der Waals surface area contributed by atoms with E-state index in [9.17, 15) is 13.0 Å². The van der Waals surface area contributed by atoms with E-state index in [1.165, 1.54) is 228 Å². The van der Waals surface area contributed by atoms with Crippen molar-refractivity contribution >= 4 is 40.4 Å². The fraction of sp³-hybridized carbons (Fsp3) is 0.632. The largest absolute Gasteiger partial charge is 0.726 e. The van der Waals surface area contributed by atoms with Crippen molar-refractivity contribution in [2.75, 3.05) is 24.6 Å². The van der Waals surface area contributed by atoms with Gasteiger partial charge in [-0.25, -0.2) is 13.0 Å². The van der Waals surface area contributed by atoms with Crippen LogP contribution in [0.5, 0.6) is 0 Å². The molecule has 0 fully saturated rings. The van der Waals surface area contributed by atoms with E-state index in [-0.39, 0.29) is 6.61 Å². The Hall–Kier alpha value is -3.26. The molecule has 0 atom stereocenters. The molecule has 7 heteroatoms. The Labute approximate surface area is 394 Å². The van der Waals surface area contributed by atoms with Crippen LogP contribution in [0.3, 0.4) is 0 Å². The van der Waals surface area contributed by atoms with Crippen LogP contribution >= 0.6 is 0 Å². The van der Waals surface area contributed by atoms with Gasteiger partial charge in [-0.3, -0.25) is 4.18 Å². The molecule has 0 aliphatic carbocycles. The lowest BCUT2D eigenvalue weighted by Gasteiger charge is -2.25. The van der Waals surface area contributed by atoms with Crippen molar-refractivity contribution in [2.24, 2.45) is 0 Å². The number of hydrogen-bond donors (Lipinski definition) is 0. The first-order chi connectivity index (χ1) is 31.3. The third-order valence-electron chi connectivity index (χ3n) is 12.2. The second-order valence-electron chi connectivity index (χ2n) is 17.9. The number of nitrogens with zero attached hydrogens (tertiary/aromatic N) is 2. The molecule has 64 heavy (non-hydrogen) atoms. The van der Waals surface area contributed by atoms with Crippen LogP contribution in [0.15, 0.2) is 73.1 Å². The summed E-state index contributed by atoms with van der Waals surface area (Å²) in [5, 5.41) is 0. The van der Waals surface area contributed by atoms with Crippen molar-refractivity contribution in [3.05, 3.63) is 95.3 Å². The fourth-order valence-electron chi connectivity index (χ4n) is 8.20. The highest BCUT2D eigenvalue weighted by atomic mass is 32.3. The fourth-order valence-corrected chi connectivity index (χ4v) is 8.49. The predicted molar refractivity (Wildman–Crippen MR) is 277 cm³/mol. The van der Waals surface area contributed by atoms with E-state index in [0.717, 1.165) is 6.54 Å². The Morgan fingerprint density at radius 1 is 0.438 bits per heavy atom. The summed E-state index contributed by atoms with van der Waals surface area (Å²) in [7, 11) is -4.42. The first-order valence-electron chi connectivity index (χ1n) is 26.2. The van der Waals surface area contributed by atoms with Crippen molar-refractivity contribution in [3.63, 3.8) is 0 Å². The predicted octanol–water partition coefficient (Wildman–Crippen LogP) is 16.6. The van der Waals surface area contributed by atoms with E-state index in [4.69, 9.17) is 0 Å². The number of anilines is 1. The number of rotatable bonds is 38. The van der Waals surface area contributed by atoms with E-state index in [1.807, 2.05) is 0 Å². The van der Waals surface area contributed by atoms with Gasteiger partial charge in [0.1, 0.15) is 6.54 Å². The molecular formula is C57H92N2O4S. The minimum absolute atomic E-state index is 0.0914. The van der Waals surface area contributed by atoms with Crippen LogP contribution in [0.2, 0.25) is 0 Å². The Bertz CT molecular complexity index is 1640. The van der Waals surface area contributed by atoms with Gasteiger partial charge in [-0.05, 0) is 61.1 Å². The van der Waals surface area contributed by atoms with Crippen molar-refractivity contribution < 1.29 is 21.7 Å². The van der Waals surface area contributed by atoms with Gasteiger partial charge in [0.15, 0.2) is 12.4 Å². The maximum atomic E-state index is 9.45. The Kier molecular flexibility index (Phi) is 34.6. The second kappa shape index (κ2) is 39.0. The molecule has 0 aliphatic rings. The average molecular weight is 901 g/mol. The van der Waals surface area contributed by atoms with E-state index in [1.54, 1.807) is 0 Å². The van der Waals surface area contributed by atoms with Crippen LogP contribution in [-0.2, 0) is 21.1 Å². The molecule has 2 aromatic carbocycles. The molecule has 360 valence electrons. The van der Waals surface area contributed by atoms with E-state index >= 15 is 0 Å². The average Bonchev–Trinajstić information content (AvgIpc) is 3.30. The van der Waals surface area contributed by atoms with Crippen molar-refractivity contribution in [2.45, 2.75) is 214 Å². The third-order valence-corrected chi connectivity index (χ3v) is 12.8. The zero-order chi connectivity index (χ0) is 46.2. The summed E-state index contributed by atoms with van der Waals surface area (Å²) in [6.07, 6.45) is 52.9. The van der Waals surface area contributed by atoms with Crippen LogP contribution in [0, 0.1) is 0 Å². The number of hydrogen-bond acceptors (Lipinski definition) is 5. The monoisotopic (exact) mass is 901 g/mol. The molecular weight excluding hydrogens is 809 g/mol. The van der Waals surface area contributed by atoms with Gasteiger partial charge in [-0.2, -0.15) is 0 Å². The van der Waals surface area contributed by atoms with Gasteiger partial charge < -0.3 is 9.45 Å². The molecule has 0 aliphatic heterocycles.